The summed E-state index contributed by atoms with van der Waals surface area (Å²) in [6, 6.07) is 2.25. The van der Waals surface area contributed by atoms with Crippen LogP contribution in [0.15, 0.2) is 12.3 Å². The van der Waals surface area contributed by atoms with E-state index in [2.05, 4.69) is 44.9 Å². The number of rotatable bonds is 1. The van der Waals surface area contributed by atoms with Crippen LogP contribution in [0.2, 0.25) is 0 Å². The summed E-state index contributed by atoms with van der Waals surface area (Å²) in [5.74, 6) is 0.702. The van der Waals surface area contributed by atoms with Crippen LogP contribution in [0.1, 0.15) is 57.9 Å². The van der Waals surface area contributed by atoms with E-state index >= 15 is 0 Å². The van der Waals surface area contributed by atoms with Crippen molar-refractivity contribution in [3.63, 3.8) is 0 Å². The summed E-state index contributed by atoms with van der Waals surface area (Å²) in [6.07, 6.45) is 4.61. The second-order valence-electron chi connectivity index (χ2n) is 5.05. The predicted molar refractivity (Wildman–Crippen MR) is 70.8 cm³/mol. The van der Waals surface area contributed by atoms with Gasteiger partial charge in [-0.15, -0.1) is 0 Å². The van der Waals surface area contributed by atoms with Crippen LogP contribution in [-0.4, -0.2) is 4.98 Å². The first-order valence-electron chi connectivity index (χ1n) is 6.50. The maximum atomic E-state index is 4.43. The molecule has 0 bridgehead atoms. The highest BCUT2D eigenvalue weighted by Gasteiger charge is 2.37. The van der Waals surface area contributed by atoms with Crippen LogP contribution >= 0.6 is 0 Å². The van der Waals surface area contributed by atoms with Gasteiger partial charge in [0.05, 0.1) is 0 Å². The molecule has 1 atom stereocenters. The van der Waals surface area contributed by atoms with Crippen LogP contribution in [0.5, 0.6) is 0 Å². The Morgan fingerprint density at radius 3 is 2.50 bits per heavy atom. The number of hydrogen-bond donors (Lipinski definition) is 0. The van der Waals surface area contributed by atoms with E-state index in [4.69, 9.17) is 0 Å². The molecule has 0 amide bonds. The fourth-order valence-corrected chi connectivity index (χ4v) is 2.47. The Morgan fingerprint density at radius 2 is 1.94 bits per heavy atom. The molecule has 2 rings (SSSR count). The number of nitrogens with zero attached hydrogens (tertiary/aromatic N) is 1. The van der Waals surface area contributed by atoms with Crippen LogP contribution in [-0.2, 0) is 11.8 Å². The highest BCUT2D eigenvalue weighted by Crippen LogP contribution is 2.43. The van der Waals surface area contributed by atoms with Gasteiger partial charge in [-0.1, -0.05) is 34.6 Å². The number of hydrogen-bond acceptors (Lipinski definition) is 1. The summed E-state index contributed by atoms with van der Waals surface area (Å²) in [5.41, 5.74) is 4.51. The quantitative estimate of drug-likeness (QED) is 0.687. The summed E-state index contributed by atoms with van der Waals surface area (Å²) in [6.45, 7) is 13.1. The molecule has 0 radical (unpaired) electrons. The lowest BCUT2D eigenvalue weighted by Gasteiger charge is -2.29. The minimum atomic E-state index is 0.357. The Bertz CT molecular complexity index is 354. The summed E-state index contributed by atoms with van der Waals surface area (Å²) in [5, 5.41) is 0. The van der Waals surface area contributed by atoms with Gasteiger partial charge in [-0.3, -0.25) is 4.98 Å². The fourth-order valence-electron chi connectivity index (χ4n) is 2.47. The number of aromatic nitrogens is 1. The van der Waals surface area contributed by atoms with E-state index < -0.39 is 0 Å². The molecule has 1 aliphatic carbocycles. The highest BCUT2D eigenvalue weighted by atomic mass is 14.7. The maximum absolute atomic E-state index is 4.43. The molecule has 0 aliphatic heterocycles. The zero-order chi connectivity index (χ0) is 12.3. The molecular weight excluding hydrogens is 194 g/mol. The molecule has 16 heavy (non-hydrogen) atoms. The lowest BCUT2D eigenvalue weighted by Crippen LogP contribution is -2.25. The van der Waals surface area contributed by atoms with Crippen molar-refractivity contribution in [2.75, 3.05) is 0 Å². The zero-order valence-electron chi connectivity index (χ0n) is 11.6. The minimum Gasteiger partial charge on any atom is -0.261 e. The molecule has 1 aromatic heterocycles. The lowest BCUT2D eigenvalue weighted by atomic mass is 9.75. The molecule has 0 aromatic carbocycles. The van der Waals surface area contributed by atoms with E-state index in [9.17, 15) is 0 Å². The standard InChI is InChI=1S/C13H19N.C2H6/c1-9(2)13(4)6-5-11-7-10(3)14-8-12(11)13;1-2/h7-9H,5-6H2,1-4H3;1-2H3. The molecule has 1 aliphatic rings. The Labute approximate surface area is 100 Å². The van der Waals surface area contributed by atoms with Crippen molar-refractivity contribution in [3.05, 3.63) is 29.1 Å². The number of pyridine rings is 1. The fraction of sp³-hybridized carbons (Fsp3) is 0.667. The van der Waals surface area contributed by atoms with Crippen molar-refractivity contribution in [1.82, 2.24) is 4.98 Å². The molecular formula is C15H25N. The second-order valence-corrected chi connectivity index (χ2v) is 5.05. The van der Waals surface area contributed by atoms with E-state index in [-0.39, 0.29) is 0 Å². The van der Waals surface area contributed by atoms with Gasteiger partial charge in [0.2, 0.25) is 0 Å². The molecule has 1 unspecified atom stereocenters. The predicted octanol–water partition coefficient (Wildman–Crippen LogP) is 4.28. The van der Waals surface area contributed by atoms with E-state index in [0.717, 1.165) is 5.69 Å². The van der Waals surface area contributed by atoms with Crippen molar-refractivity contribution in [3.8, 4) is 0 Å². The van der Waals surface area contributed by atoms with Crippen molar-refractivity contribution in [2.24, 2.45) is 5.92 Å². The molecule has 0 saturated heterocycles. The summed E-state index contributed by atoms with van der Waals surface area (Å²) in [4.78, 5) is 4.43. The first-order valence-corrected chi connectivity index (χ1v) is 6.50. The van der Waals surface area contributed by atoms with Crippen LogP contribution in [0.3, 0.4) is 0 Å². The van der Waals surface area contributed by atoms with Crippen molar-refractivity contribution in [2.45, 2.75) is 59.8 Å². The van der Waals surface area contributed by atoms with Gasteiger partial charge in [-0.25, -0.2) is 0 Å². The number of aryl methyl sites for hydroxylation is 2. The van der Waals surface area contributed by atoms with Gasteiger partial charge in [0.15, 0.2) is 0 Å². The third kappa shape index (κ3) is 2.14. The second kappa shape index (κ2) is 4.99. The van der Waals surface area contributed by atoms with Crippen molar-refractivity contribution < 1.29 is 0 Å². The smallest absolute Gasteiger partial charge is 0.0375 e. The average molecular weight is 219 g/mol. The third-order valence-corrected chi connectivity index (χ3v) is 3.93. The van der Waals surface area contributed by atoms with Gasteiger partial charge < -0.3 is 0 Å². The molecule has 1 aromatic rings. The topological polar surface area (TPSA) is 12.9 Å². The third-order valence-electron chi connectivity index (χ3n) is 3.93. The Balaban J connectivity index is 0.000000606. The molecule has 0 N–H and O–H groups in total. The zero-order valence-corrected chi connectivity index (χ0v) is 11.6. The number of fused-ring (bicyclic) bond motifs is 1. The van der Waals surface area contributed by atoms with E-state index in [1.165, 1.54) is 24.0 Å². The monoisotopic (exact) mass is 219 g/mol. The normalized spacial score (nSPS) is 22.7. The van der Waals surface area contributed by atoms with E-state index in [1.54, 1.807) is 0 Å². The largest absolute Gasteiger partial charge is 0.261 e. The SMILES string of the molecule is CC.Cc1cc2c(cn1)C(C)(C(C)C)CC2. The van der Waals surface area contributed by atoms with Crippen LogP contribution in [0.4, 0.5) is 0 Å². The molecule has 90 valence electrons. The summed E-state index contributed by atoms with van der Waals surface area (Å²) >= 11 is 0. The van der Waals surface area contributed by atoms with Gasteiger partial charge in [0.1, 0.15) is 0 Å². The Hall–Kier alpha value is -0.850. The Morgan fingerprint density at radius 1 is 1.31 bits per heavy atom. The van der Waals surface area contributed by atoms with Gasteiger partial charge in [0.25, 0.3) is 0 Å². The van der Waals surface area contributed by atoms with Crippen molar-refractivity contribution in [1.29, 1.82) is 0 Å². The van der Waals surface area contributed by atoms with Gasteiger partial charge in [-0.05, 0) is 48.3 Å². The molecule has 1 heteroatoms. The molecule has 1 heterocycles. The van der Waals surface area contributed by atoms with E-state index in [1.807, 2.05) is 13.8 Å². The van der Waals surface area contributed by atoms with Crippen molar-refractivity contribution >= 4 is 0 Å². The molecule has 0 spiro atoms. The lowest BCUT2D eigenvalue weighted by molar-refractivity contribution is 0.336. The van der Waals surface area contributed by atoms with Crippen LogP contribution in [0, 0.1) is 12.8 Å². The first kappa shape index (κ1) is 13.2. The van der Waals surface area contributed by atoms with Crippen LogP contribution < -0.4 is 0 Å². The Kier molecular flexibility index (Phi) is 4.12. The average Bonchev–Trinajstić information content (AvgIpc) is 2.60. The van der Waals surface area contributed by atoms with Gasteiger partial charge >= 0.3 is 0 Å². The molecule has 0 fully saturated rings. The summed E-state index contributed by atoms with van der Waals surface area (Å²) in [7, 11) is 0. The van der Waals surface area contributed by atoms with E-state index in [0.29, 0.717) is 11.3 Å². The molecule has 1 nitrogen and oxygen atoms in total. The first-order chi connectivity index (χ1) is 7.54. The van der Waals surface area contributed by atoms with Gasteiger partial charge in [0, 0.05) is 11.9 Å². The van der Waals surface area contributed by atoms with Crippen LogP contribution in [0.25, 0.3) is 0 Å². The maximum Gasteiger partial charge on any atom is 0.0375 e. The highest BCUT2D eigenvalue weighted by molar-refractivity contribution is 5.38. The summed E-state index contributed by atoms with van der Waals surface area (Å²) < 4.78 is 0. The minimum absolute atomic E-state index is 0.357. The van der Waals surface area contributed by atoms with Gasteiger partial charge in [-0.2, -0.15) is 0 Å². The molecule has 0 saturated carbocycles.